The summed E-state index contributed by atoms with van der Waals surface area (Å²) in [5.41, 5.74) is 1.21. The van der Waals surface area contributed by atoms with Crippen LogP contribution >= 0.6 is 0 Å². The molecule has 4 nitrogen and oxygen atoms in total. The molecule has 1 aromatic carbocycles. The van der Waals surface area contributed by atoms with Crippen molar-refractivity contribution in [2.75, 3.05) is 26.9 Å². The largest absolute Gasteiger partial charge is 0.486 e. The first-order valence-electron chi connectivity index (χ1n) is 6.40. The summed E-state index contributed by atoms with van der Waals surface area (Å²) in [6.45, 7) is 5.06. The Morgan fingerprint density at radius 1 is 1.28 bits per heavy atom. The molecule has 0 bridgehead atoms. The Morgan fingerprint density at radius 3 is 2.83 bits per heavy atom. The maximum absolute atomic E-state index is 5.56. The first-order chi connectivity index (χ1) is 8.79. The predicted molar refractivity (Wildman–Crippen MR) is 70.2 cm³/mol. The molecule has 1 aliphatic heterocycles. The van der Waals surface area contributed by atoms with Crippen molar-refractivity contribution in [1.82, 2.24) is 5.32 Å². The Morgan fingerprint density at radius 2 is 2.06 bits per heavy atom. The second-order valence-electron chi connectivity index (χ2n) is 4.54. The summed E-state index contributed by atoms with van der Waals surface area (Å²) in [4.78, 5) is 0. The van der Waals surface area contributed by atoms with Gasteiger partial charge in [-0.2, -0.15) is 0 Å². The van der Waals surface area contributed by atoms with E-state index in [1.165, 1.54) is 5.56 Å². The molecule has 1 aromatic rings. The van der Waals surface area contributed by atoms with Crippen molar-refractivity contribution < 1.29 is 14.2 Å². The molecule has 100 valence electrons. The Bertz CT molecular complexity index is 381. The van der Waals surface area contributed by atoms with Crippen LogP contribution in [0.3, 0.4) is 0 Å². The van der Waals surface area contributed by atoms with Crippen molar-refractivity contribution in [3.8, 4) is 11.5 Å². The van der Waals surface area contributed by atoms with Crippen LogP contribution in [0, 0.1) is 0 Å². The standard InChI is InChI=1S/C14H21NO3/c1-11(5-6-16-2)15-10-12-3-4-13-14(9-12)18-8-7-17-13/h3-4,9,11,15H,5-8,10H2,1-2H3. The Kier molecular flexibility index (Phi) is 4.84. The molecular formula is C14H21NO3. The zero-order chi connectivity index (χ0) is 12.8. The van der Waals surface area contributed by atoms with Crippen LogP contribution in [0.5, 0.6) is 11.5 Å². The fourth-order valence-electron chi connectivity index (χ4n) is 1.89. The number of benzene rings is 1. The summed E-state index contributed by atoms with van der Waals surface area (Å²) in [5.74, 6) is 1.70. The lowest BCUT2D eigenvalue weighted by Gasteiger charge is -2.19. The summed E-state index contributed by atoms with van der Waals surface area (Å²) < 4.78 is 16.1. The van der Waals surface area contributed by atoms with Gasteiger partial charge in [0.25, 0.3) is 0 Å². The van der Waals surface area contributed by atoms with Gasteiger partial charge in [-0.3, -0.25) is 0 Å². The lowest BCUT2D eigenvalue weighted by Crippen LogP contribution is -2.26. The highest BCUT2D eigenvalue weighted by molar-refractivity contribution is 5.43. The van der Waals surface area contributed by atoms with Crippen LogP contribution in [0.25, 0.3) is 0 Å². The average molecular weight is 251 g/mol. The van der Waals surface area contributed by atoms with Crippen molar-refractivity contribution in [2.24, 2.45) is 0 Å². The van der Waals surface area contributed by atoms with E-state index in [-0.39, 0.29) is 0 Å². The Hall–Kier alpha value is -1.26. The van der Waals surface area contributed by atoms with Gasteiger partial charge in [0.15, 0.2) is 11.5 Å². The molecule has 1 aliphatic rings. The number of hydrogen-bond donors (Lipinski definition) is 1. The highest BCUT2D eigenvalue weighted by Crippen LogP contribution is 2.30. The summed E-state index contributed by atoms with van der Waals surface area (Å²) >= 11 is 0. The molecule has 18 heavy (non-hydrogen) atoms. The number of methoxy groups -OCH3 is 1. The van der Waals surface area contributed by atoms with Gasteiger partial charge in [0.05, 0.1) is 0 Å². The van der Waals surface area contributed by atoms with Crippen molar-refractivity contribution in [1.29, 1.82) is 0 Å². The molecule has 0 saturated carbocycles. The van der Waals surface area contributed by atoms with Gasteiger partial charge in [-0.1, -0.05) is 6.07 Å². The molecule has 1 atom stereocenters. The van der Waals surface area contributed by atoms with Crippen LogP contribution in [-0.4, -0.2) is 33.0 Å². The molecule has 2 rings (SSSR count). The first kappa shape index (κ1) is 13.2. The van der Waals surface area contributed by atoms with E-state index >= 15 is 0 Å². The second-order valence-corrected chi connectivity index (χ2v) is 4.54. The minimum Gasteiger partial charge on any atom is -0.486 e. The van der Waals surface area contributed by atoms with E-state index in [1.54, 1.807) is 7.11 Å². The number of rotatable bonds is 6. The van der Waals surface area contributed by atoms with E-state index in [2.05, 4.69) is 18.3 Å². The highest BCUT2D eigenvalue weighted by Gasteiger charge is 2.11. The normalized spacial score (nSPS) is 15.4. The van der Waals surface area contributed by atoms with Gasteiger partial charge in [-0.15, -0.1) is 0 Å². The van der Waals surface area contributed by atoms with Crippen LogP contribution in [0.4, 0.5) is 0 Å². The summed E-state index contributed by atoms with van der Waals surface area (Å²) in [7, 11) is 1.73. The van der Waals surface area contributed by atoms with E-state index in [0.29, 0.717) is 19.3 Å². The van der Waals surface area contributed by atoms with Crippen LogP contribution in [0.2, 0.25) is 0 Å². The van der Waals surface area contributed by atoms with Gasteiger partial charge in [0.2, 0.25) is 0 Å². The third kappa shape index (κ3) is 3.62. The van der Waals surface area contributed by atoms with Crippen molar-refractivity contribution in [3.05, 3.63) is 23.8 Å². The van der Waals surface area contributed by atoms with E-state index in [0.717, 1.165) is 31.1 Å². The van der Waals surface area contributed by atoms with E-state index in [1.807, 2.05) is 12.1 Å². The predicted octanol–water partition coefficient (Wildman–Crippen LogP) is 1.97. The topological polar surface area (TPSA) is 39.7 Å². The molecule has 0 amide bonds. The van der Waals surface area contributed by atoms with Crippen LogP contribution in [0.1, 0.15) is 18.9 Å². The fourth-order valence-corrected chi connectivity index (χ4v) is 1.89. The van der Waals surface area contributed by atoms with Gasteiger partial charge < -0.3 is 19.5 Å². The van der Waals surface area contributed by atoms with Crippen LogP contribution in [0.15, 0.2) is 18.2 Å². The molecule has 4 heteroatoms. The van der Waals surface area contributed by atoms with Crippen molar-refractivity contribution >= 4 is 0 Å². The van der Waals surface area contributed by atoms with Gasteiger partial charge in [0, 0.05) is 26.3 Å². The third-order valence-corrected chi connectivity index (χ3v) is 3.02. The maximum atomic E-state index is 5.56. The quantitative estimate of drug-likeness (QED) is 0.839. The van der Waals surface area contributed by atoms with Gasteiger partial charge in [0.1, 0.15) is 13.2 Å². The fraction of sp³-hybridized carbons (Fsp3) is 0.571. The number of ether oxygens (including phenoxy) is 3. The lowest BCUT2D eigenvalue weighted by atomic mass is 10.1. The van der Waals surface area contributed by atoms with Gasteiger partial charge in [-0.25, -0.2) is 0 Å². The van der Waals surface area contributed by atoms with Gasteiger partial charge in [-0.05, 0) is 31.0 Å². The number of hydrogen-bond acceptors (Lipinski definition) is 4. The van der Waals surface area contributed by atoms with Crippen LogP contribution < -0.4 is 14.8 Å². The minimum absolute atomic E-state index is 0.443. The molecule has 1 heterocycles. The van der Waals surface area contributed by atoms with Crippen LogP contribution in [-0.2, 0) is 11.3 Å². The smallest absolute Gasteiger partial charge is 0.161 e. The number of nitrogens with one attached hydrogen (secondary N) is 1. The SMILES string of the molecule is COCCC(C)NCc1ccc2c(c1)OCCO2. The summed E-state index contributed by atoms with van der Waals surface area (Å²) in [6.07, 6.45) is 1.01. The average Bonchev–Trinajstić information content (AvgIpc) is 2.42. The Balaban J connectivity index is 1.86. The van der Waals surface area contributed by atoms with Gasteiger partial charge >= 0.3 is 0 Å². The molecule has 1 N–H and O–H groups in total. The third-order valence-electron chi connectivity index (χ3n) is 3.02. The molecule has 0 saturated heterocycles. The zero-order valence-corrected chi connectivity index (χ0v) is 11.1. The highest BCUT2D eigenvalue weighted by atomic mass is 16.6. The molecule has 0 radical (unpaired) electrons. The summed E-state index contributed by atoms with van der Waals surface area (Å²) in [6, 6.07) is 6.54. The first-order valence-corrected chi connectivity index (χ1v) is 6.40. The molecule has 0 spiro atoms. The van der Waals surface area contributed by atoms with E-state index in [4.69, 9.17) is 14.2 Å². The monoisotopic (exact) mass is 251 g/mol. The molecule has 0 aliphatic carbocycles. The van der Waals surface area contributed by atoms with E-state index in [9.17, 15) is 0 Å². The molecular weight excluding hydrogens is 230 g/mol. The maximum Gasteiger partial charge on any atom is 0.161 e. The molecule has 0 aromatic heterocycles. The molecule has 0 fully saturated rings. The second kappa shape index (κ2) is 6.61. The Labute approximate surface area is 108 Å². The van der Waals surface area contributed by atoms with Crippen molar-refractivity contribution in [3.63, 3.8) is 0 Å². The minimum atomic E-state index is 0.443. The number of fused-ring (bicyclic) bond motifs is 1. The van der Waals surface area contributed by atoms with Crippen molar-refractivity contribution in [2.45, 2.75) is 25.9 Å². The zero-order valence-electron chi connectivity index (χ0n) is 11.1. The molecule has 1 unspecified atom stereocenters. The lowest BCUT2D eigenvalue weighted by molar-refractivity contribution is 0.171. The van der Waals surface area contributed by atoms with E-state index < -0.39 is 0 Å². The summed E-state index contributed by atoms with van der Waals surface area (Å²) in [5, 5.41) is 3.46.